The number of hydrogen-bond acceptors (Lipinski definition) is 8. The first-order valence-corrected chi connectivity index (χ1v) is 12.0. The number of methoxy groups -OCH3 is 2. The van der Waals surface area contributed by atoms with Gasteiger partial charge in [0.25, 0.3) is 0 Å². The molecule has 1 N–H and O–H groups in total. The van der Waals surface area contributed by atoms with E-state index in [-0.39, 0.29) is 18.3 Å². The van der Waals surface area contributed by atoms with E-state index in [2.05, 4.69) is 21.2 Å². The number of dihydropyridines is 1. The highest BCUT2D eigenvalue weighted by Crippen LogP contribution is 2.48. The minimum absolute atomic E-state index is 0.181. The molecule has 0 saturated carbocycles. The minimum atomic E-state index is -0.956. The van der Waals surface area contributed by atoms with Crippen molar-refractivity contribution in [1.82, 2.24) is 5.32 Å². The lowest BCUT2D eigenvalue weighted by Crippen LogP contribution is -2.43. The summed E-state index contributed by atoms with van der Waals surface area (Å²) < 4.78 is 22.2. The zero-order chi connectivity index (χ0) is 25.2. The normalized spacial score (nSPS) is 22.1. The highest BCUT2D eigenvalue weighted by atomic mass is 79.9. The van der Waals surface area contributed by atoms with Crippen LogP contribution in [0, 0.1) is 11.8 Å². The third-order valence-electron chi connectivity index (χ3n) is 6.11. The Labute approximate surface area is 207 Å². The summed E-state index contributed by atoms with van der Waals surface area (Å²) in [5.41, 5.74) is 2.60. The molecule has 34 heavy (non-hydrogen) atoms. The molecule has 184 valence electrons. The highest BCUT2D eigenvalue weighted by Gasteiger charge is 2.47. The largest absolute Gasteiger partial charge is 0.493 e. The van der Waals surface area contributed by atoms with Gasteiger partial charge in [-0.05, 0) is 66.7 Å². The molecular formula is C25H30BrNO7. The van der Waals surface area contributed by atoms with Gasteiger partial charge in [-0.1, -0.05) is 6.92 Å². The molecule has 0 spiro atoms. The number of ketones is 1. The van der Waals surface area contributed by atoms with Crippen LogP contribution in [0.5, 0.6) is 11.5 Å². The van der Waals surface area contributed by atoms with Crippen LogP contribution < -0.4 is 14.8 Å². The van der Waals surface area contributed by atoms with Crippen molar-refractivity contribution in [2.24, 2.45) is 11.8 Å². The van der Waals surface area contributed by atoms with Crippen LogP contribution in [0.25, 0.3) is 0 Å². The molecule has 0 fully saturated rings. The second kappa shape index (κ2) is 10.6. The summed E-state index contributed by atoms with van der Waals surface area (Å²) >= 11 is 3.54. The third-order valence-corrected chi connectivity index (χ3v) is 6.70. The van der Waals surface area contributed by atoms with Crippen molar-refractivity contribution in [3.05, 3.63) is 44.7 Å². The maximum Gasteiger partial charge on any atom is 0.336 e. The molecule has 1 aliphatic carbocycles. The quantitative estimate of drug-likeness (QED) is 0.412. The minimum Gasteiger partial charge on any atom is -0.493 e. The van der Waals surface area contributed by atoms with E-state index in [1.165, 1.54) is 14.2 Å². The molecule has 3 rings (SSSR count). The Balaban J connectivity index is 2.26. The van der Waals surface area contributed by atoms with Crippen LogP contribution in [0.3, 0.4) is 0 Å². The number of benzene rings is 1. The van der Waals surface area contributed by atoms with Gasteiger partial charge in [0.1, 0.15) is 5.92 Å². The van der Waals surface area contributed by atoms with Crippen molar-refractivity contribution in [2.45, 2.75) is 40.0 Å². The van der Waals surface area contributed by atoms with Crippen LogP contribution in [0.2, 0.25) is 0 Å². The third kappa shape index (κ3) is 4.58. The lowest BCUT2D eigenvalue weighted by atomic mass is 9.69. The van der Waals surface area contributed by atoms with Crippen molar-refractivity contribution < 1.29 is 33.3 Å². The van der Waals surface area contributed by atoms with Gasteiger partial charge in [0.15, 0.2) is 17.3 Å². The lowest BCUT2D eigenvalue weighted by Gasteiger charge is -2.38. The summed E-state index contributed by atoms with van der Waals surface area (Å²) in [5.74, 6) is -2.49. The molecule has 1 aromatic rings. The molecular weight excluding hydrogens is 506 g/mol. The van der Waals surface area contributed by atoms with Gasteiger partial charge in [-0.2, -0.15) is 0 Å². The number of Topliss-reactive ketones (excluding diaryl/α,β-unsaturated/α-hetero) is 1. The van der Waals surface area contributed by atoms with E-state index in [1.807, 2.05) is 13.8 Å². The van der Waals surface area contributed by atoms with Gasteiger partial charge < -0.3 is 24.3 Å². The summed E-state index contributed by atoms with van der Waals surface area (Å²) in [4.78, 5) is 39.4. The van der Waals surface area contributed by atoms with Crippen molar-refractivity contribution in [3.8, 4) is 11.5 Å². The van der Waals surface area contributed by atoms with Crippen LogP contribution in [-0.2, 0) is 23.9 Å². The van der Waals surface area contributed by atoms with Crippen LogP contribution in [-0.4, -0.2) is 45.2 Å². The molecule has 8 nitrogen and oxygen atoms in total. The Morgan fingerprint density at radius 1 is 1.18 bits per heavy atom. The first-order valence-electron chi connectivity index (χ1n) is 11.2. The van der Waals surface area contributed by atoms with E-state index in [1.54, 1.807) is 26.0 Å². The fourth-order valence-electron chi connectivity index (χ4n) is 4.68. The molecule has 0 unspecified atom stereocenters. The van der Waals surface area contributed by atoms with Gasteiger partial charge in [0.05, 0.1) is 37.5 Å². The zero-order valence-corrected chi connectivity index (χ0v) is 21.8. The Morgan fingerprint density at radius 2 is 1.88 bits per heavy atom. The Morgan fingerprint density at radius 3 is 2.47 bits per heavy atom. The second-order valence-corrected chi connectivity index (χ2v) is 9.08. The number of halogens is 1. The summed E-state index contributed by atoms with van der Waals surface area (Å²) in [6.45, 7) is 7.83. The maximum absolute atomic E-state index is 13.8. The molecule has 0 bridgehead atoms. The van der Waals surface area contributed by atoms with Crippen molar-refractivity contribution in [1.29, 1.82) is 0 Å². The van der Waals surface area contributed by atoms with Gasteiger partial charge in [-0.3, -0.25) is 9.59 Å². The zero-order valence-electron chi connectivity index (χ0n) is 20.2. The van der Waals surface area contributed by atoms with Crippen LogP contribution in [0.4, 0.5) is 0 Å². The van der Waals surface area contributed by atoms with Gasteiger partial charge in [0, 0.05) is 22.9 Å². The molecule has 2 aliphatic rings. The van der Waals surface area contributed by atoms with Gasteiger partial charge >= 0.3 is 11.9 Å². The topological polar surface area (TPSA) is 100 Å². The average molecular weight is 536 g/mol. The molecule has 3 atom stereocenters. The Kier molecular flexibility index (Phi) is 8.07. The Bertz CT molecular complexity index is 1080. The molecule has 0 saturated heterocycles. The number of hydrogen-bond donors (Lipinski definition) is 1. The van der Waals surface area contributed by atoms with Crippen molar-refractivity contribution in [3.63, 3.8) is 0 Å². The lowest BCUT2D eigenvalue weighted by molar-refractivity contribution is -0.151. The predicted octanol–water partition coefficient (Wildman–Crippen LogP) is 4.03. The standard InChI is InChI=1S/C25H30BrNO7/c1-7-33-23-15(26)10-14(11-17(23)31-5)20-19(25(30)34-8-2)13(4)27-16-9-12(3)18(24(29)32-6)22(28)21(16)20/h10-12,18,20,27H,7-9H2,1-6H3/t12-,18+,20-/m1/s1. The number of rotatable bonds is 7. The number of allylic oxidation sites excluding steroid dienone is 3. The molecule has 1 aromatic carbocycles. The van der Waals surface area contributed by atoms with Gasteiger partial charge in [0.2, 0.25) is 0 Å². The number of nitrogens with one attached hydrogen (secondary N) is 1. The van der Waals surface area contributed by atoms with Crippen LogP contribution in [0.15, 0.2) is 39.1 Å². The fourth-order valence-corrected chi connectivity index (χ4v) is 5.26. The SMILES string of the molecule is CCOC(=O)C1=C(C)NC2=C(C(=O)[C@@H](C(=O)OC)[C@H](C)C2)[C@@H]1c1cc(Br)c(OCC)c(OC)c1. The molecule has 1 heterocycles. The van der Waals surface area contributed by atoms with E-state index >= 15 is 0 Å². The van der Waals surface area contributed by atoms with E-state index in [4.69, 9.17) is 18.9 Å². The van der Waals surface area contributed by atoms with E-state index in [9.17, 15) is 14.4 Å². The highest BCUT2D eigenvalue weighted by molar-refractivity contribution is 9.10. The number of esters is 2. The average Bonchev–Trinajstić information content (AvgIpc) is 2.79. The van der Waals surface area contributed by atoms with E-state index < -0.39 is 23.8 Å². The first kappa shape index (κ1) is 25.8. The van der Waals surface area contributed by atoms with Gasteiger partial charge in [-0.25, -0.2) is 4.79 Å². The monoisotopic (exact) mass is 535 g/mol. The van der Waals surface area contributed by atoms with Crippen molar-refractivity contribution in [2.75, 3.05) is 27.4 Å². The number of ether oxygens (including phenoxy) is 4. The smallest absolute Gasteiger partial charge is 0.336 e. The van der Waals surface area contributed by atoms with E-state index in [0.717, 1.165) is 0 Å². The van der Waals surface area contributed by atoms with Crippen molar-refractivity contribution >= 4 is 33.7 Å². The molecule has 0 radical (unpaired) electrons. The predicted molar refractivity (Wildman–Crippen MR) is 128 cm³/mol. The first-order chi connectivity index (χ1) is 16.2. The molecule has 0 aromatic heterocycles. The van der Waals surface area contributed by atoms with Crippen LogP contribution >= 0.6 is 15.9 Å². The number of carbonyl (C=O) groups excluding carboxylic acids is 3. The summed E-state index contributed by atoms with van der Waals surface area (Å²) in [7, 11) is 2.79. The molecule has 0 amide bonds. The molecule has 1 aliphatic heterocycles. The summed E-state index contributed by atoms with van der Waals surface area (Å²) in [5, 5.41) is 3.24. The van der Waals surface area contributed by atoms with Gasteiger partial charge in [-0.15, -0.1) is 0 Å². The Hall–Kier alpha value is -2.81. The number of carbonyl (C=O) groups is 3. The summed E-state index contributed by atoms with van der Waals surface area (Å²) in [6.07, 6.45) is 0.458. The maximum atomic E-state index is 13.8. The van der Waals surface area contributed by atoms with E-state index in [0.29, 0.717) is 57.1 Å². The summed E-state index contributed by atoms with van der Waals surface area (Å²) in [6, 6.07) is 3.56. The molecule has 9 heteroatoms. The second-order valence-electron chi connectivity index (χ2n) is 8.22. The fraction of sp³-hybridized carbons (Fsp3) is 0.480. The van der Waals surface area contributed by atoms with Crippen LogP contribution in [0.1, 0.15) is 45.6 Å².